The van der Waals surface area contributed by atoms with Crippen LogP contribution in [0.3, 0.4) is 0 Å². The number of nitrogens with zero attached hydrogens (tertiary/aromatic N) is 1. The van der Waals surface area contributed by atoms with Crippen molar-refractivity contribution in [1.29, 1.82) is 0 Å². The van der Waals surface area contributed by atoms with E-state index in [0.717, 1.165) is 31.2 Å². The first kappa shape index (κ1) is 14.7. The first-order chi connectivity index (χ1) is 9.00. The highest BCUT2D eigenvalue weighted by Crippen LogP contribution is 2.28. The lowest BCUT2D eigenvalue weighted by Gasteiger charge is -2.35. The van der Waals surface area contributed by atoms with E-state index in [-0.39, 0.29) is 17.3 Å². The molecule has 1 fully saturated rings. The number of aryl methyl sites for hydroxylation is 1. The molecule has 0 spiro atoms. The quantitative estimate of drug-likeness (QED) is 0.747. The molecule has 2 nitrogen and oxygen atoms in total. The fraction of sp³-hybridized carbons (Fsp3) is 0.533. The number of amides is 1. The van der Waals surface area contributed by atoms with Gasteiger partial charge in [0.2, 0.25) is 0 Å². The van der Waals surface area contributed by atoms with E-state index in [0.29, 0.717) is 10.6 Å². The Morgan fingerprint density at radius 3 is 2.63 bits per heavy atom. The summed E-state index contributed by atoms with van der Waals surface area (Å²) in [4.78, 5) is 14.2. The zero-order valence-electron chi connectivity index (χ0n) is 11.3. The third kappa shape index (κ3) is 3.24. The Morgan fingerprint density at radius 2 is 2.00 bits per heavy atom. The van der Waals surface area contributed by atoms with Crippen molar-refractivity contribution in [2.45, 2.75) is 44.0 Å². The van der Waals surface area contributed by atoms with Gasteiger partial charge in [-0.2, -0.15) is 0 Å². The molecule has 0 saturated heterocycles. The minimum atomic E-state index is -0.000509. The summed E-state index contributed by atoms with van der Waals surface area (Å²) in [5, 5.41) is 0.689. The molecular weight excluding hydrogens is 281 g/mol. The molecule has 0 bridgehead atoms. The summed E-state index contributed by atoms with van der Waals surface area (Å²) in [6.07, 6.45) is 4.26. The van der Waals surface area contributed by atoms with E-state index in [1.165, 1.54) is 0 Å². The number of alkyl halides is 1. The standard InChI is InChI=1S/C15H19Cl2NO/c1-10-7-8-11(9-13(10)17)15(19)18(2)14-6-4-3-5-12(14)16/h7-9,12,14H,3-6H2,1-2H3. The van der Waals surface area contributed by atoms with E-state index in [1.807, 2.05) is 26.1 Å². The van der Waals surface area contributed by atoms with Gasteiger partial charge in [0.05, 0.1) is 5.38 Å². The second-order valence-corrected chi connectivity index (χ2v) is 6.22. The van der Waals surface area contributed by atoms with Gasteiger partial charge in [-0.25, -0.2) is 0 Å². The maximum absolute atomic E-state index is 12.5. The fourth-order valence-corrected chi connectivity index (χ4v) is 3.21. The summed E-state index contributed by atoms with van der Waals surface area (Å²) in [5.74, 6) is -0.000509. The van der Waals surface area contributed by atoms with E-state index < -0.39 is 0 Å². The number of halogens is 2. The van der Waals surface area contributed by atoms with Crippen LogP contribution in [0.25, 0.3) is 0 Å². The van der Waals surface area contributed by atoms with Gasteiger partial charge in [0.25, 0.3) is 5.91 Å². The van der Waals surface area contributed by atoms with E-state index in [1.54, 1.807) is 11.0 Å². The van der Waals surface area contributed by atoms with Crippen molar-refractivity contribution in [3.05, 3.63) is 34.3 Å². The smallest absolute Gasteiger partial charge is 0.253 e. The largest absolute Gasteiger partial charge is 0.337 e. The number of carbonyl (C=O) groups excluding carboxylic acids is 1. The van der Waals surface area contributed by atoms with Crippen LogP contribution in [0.4, 0.5) is 0 Å². The number of rotatable bonds is 2. The second-order valence-electron chi connectivity index (χ2n) is 5.25. The first-order valence-electron chi connectivity index (χ1n) is 6.68. The Balaban J connectivity index is 2.15. The molecule has 2 unspecified atom stereocenters. The van der Waals surface area contributed by atoms with Crippen LogP contribution in [0.5, 0.6) is 0 Å². The number of hydrogen-bond donors (Lipinski definition) is 0. The fourth-order valence-electron chi connectivity index (χ4n) is 2.58. The van der Waals surface area contributed by atoms with Crippen molar-refractivity contribution in [1.82, 2.24) is 4.90 Å². The lowest BCUT2D eigenvalue weighted by atomic mass is 9.93. The van der Waals surface area contributed by atoms with Gasteiger partial charge in [0.15, 0.2) is 0 Å². The Hall–Kier alpha value is -0.730. The topological polar surface area (TPSA) is 20.3 Å². The van der Waals surface area contributed by atoms with Crippen LogP contribution in [0, 0.1) is 6.92 Å². The molecule has 4 heteroatoms. The van der Waals surface area contributed by atoms with Crippen LogP contribution in [0.2, 0.25) is 5.02 Å². The van der Waals surface area contributed by atoms with Crippen LogP contribution < -0.4 is 0 Å². The molecule has 1 aliphatic rings. The lowest BCUT2D eigenvalue weighted by molar-refractivity contribution is 0.0700. The second kappa shape index (κ2) is 6.15. The summed E-state index contributed by atoms with van der Waals surface area (Å²) < 4.78 is 0. The molecule has 19 heavy (non-hydrogen) atoms. The van der Waals surface area contributed by atoms with E-state index in [2.05, 4.69) is 0 Å². The van der Waals surface area contributed by atoms with Gasteiger partial charge in [-0.05, 0) is 37.5 Å². The molecule has 2 rings (SSSR count). The van der Waals surface area contributed by atoms with Gasteiger partial charge in [0.1, 0.15) is 0 Å². The van der Waals surface area contributed by atoms with Gasteiger partial charge < -0.3 is 4.90 Å². The summed E-state index contributed by atoms with van der Waals surface area (Å²) in [7, 11) is 1.83. The molecule has 104 valence electrons. The molecule has 0 heterocycles. The number of carbonyl (C=O) groups is 1. The summed E-state index contributed by atoms with van der Waals surface area (Å²) in [6.45, 7) is 1.93. The molecule has 1 aromatic carbocycles. The van der Waals surface area contributed by atoms with Crippen LogP contribution in [-0.2, 0) is 0 Å². The van der Waals surface area contributed by atoms with Gasteiger partial charge in [0, 0.05) is 23.7 Å². The lowest BCUT2D eigenvalue weighted by Crippen LogP contribution is -2.44. The van der Waals surface area contributed by atoms with Gasteiger partial charge in [-0.1, -0.05) is 30.5 Å². The average Bonchev–Trinajstić information content (AvgIpc) is 2.41. The SMILES string of the molecule is Cc1ccc(C(=O)N(C)C2CCCCC2Cl)cc1Cl. The van der Waals surface area contributed by atoms with Gasteiger partial charge in [-0.3, -0.25) is 4.79 Å². The Morgan fingerprint density at radius 1 is 1.32 bits per heavy atom. The van der Waals surface area contributed by atoms with Crippen LogP contribution in [0.15, 0.2) is 18.2 Å². The predicted molar refractivity (Wildman–Crippen MR) is 80.2 cm³/mol. The molecule has 0 radical (unpaired) electrons. The van der Waals surface area contributed by atoms with Crippen LogP contribution in [-0.4, -0.2) is 29.3 Å². The predicted octanol–water partition coefficient (Wildman–Crippen LogP) is 4.27. The first-order valence-corrected chi connectivity index (χ1v) is 7.49. The third-order valence-corrected chi connectivity index (χ3v) is 4.80. The summed E-state index contributed by atoms with van der Waals surface area (Å²) in [5.41, 5.74) is 1.61. The summed E-state index contributed by atoms with van der Waals surface area (Å²) >= 11 is 12.4. The Kier molecular flexibility index (Phi) is 4.75. The molecular formula is C15H19Cl2NO. The van der Waals surface area contributed by atoms with Gasteiger partial charge >= 0.3 is 0 Å². The van der Waals surface area contributed by atoms with E-state index >= 15 is 0 Å². The van der Waals surface area contributed by atoms with Crippen molar-refractivity contribution in [2.24, 2.45) is 0 Å². The van der Waals surface area contributed by atoms with Crippen LogP contribution in [0.1, 0.15) is 41.6 Å². The zero-order valence-corrected chi connectivity index (χ0v) is 12.8. The molecule has 1 amide bonds. The molecule has 0 aliphatic heterocycles. The maximum Gasteiger partial charge on any atom is 0.253 e. The van der Waals surface area contributed by atoms with Crippen molar-refractivity contribution >= 4 is 29.1 Å². The monoisotopic (exact) mass is 299 g/mol. The highest BCUT2D eigenvalue weighted by molar-refractivity contribution is 6.31. The molecule has 0 N–H and O–H groups in total. The summed E-state index contributed by atoms with van der Waals surface area (Å²) in [6, 6.07) is 5.57. The van der Waals surface area contributed by atoms with E-state index in [4.69, 9.17) is 23.2 Å². The molecule has 2 atom stereocenters. The van der Waals surface area contributed by atoms with Crippen molar-refractivity contribution in [3.8, 4) is 0 Å². The van der Waals surface area contributed by atoms with Gasteiger partial charge in [-0.15, -0.1) is 11.6 Å². The van der Waals surface area contributed by atoms with Crippen molar-refractivity contribution in [2.75, 3.05) is 7.05 Å². The minimum Gasteiger partial charge on any atom is -0.337 e. The minimum absolute atomic E-state index is 0.000509. The van der Waals surface area contributed by atoms with Crippen LogP contribution >= 0.6 is 23.2 Å². The van der Waals surface area contributed by atoms with Crippen molar-refractivity contribution < 1.29 is 4.79 Å². The molecule has 0 aromatic heterocycles. The Bertz CT molecular complexity index is 475. The maximum atomic E-state index is 12.5. The van der Waals surface area contributed by atoms with E-state index in [9.17, 15) is 4.79 Å². The Labute approximate surface area is 124 Å². The normalized spacial score (nSPS) is 23.2. The average molecular weight is 300 g/mol. The highest BCUT2D eigenvalue weighted by atomic mass is 35.5. The number of benzene rings is 1. The number of hydrogen-bond acceptors (Lipinski definition) is 1. The molecule has 1 aromatic rings. The highest BCUT2D eigenvalue weighted by Gasteiger charge is 2.29. The molecule has 1 saturated carbocycles. The third-order valence-electron chi connectivity index (χ3n) is 3.88. The zero-order chi connectivity index (χ0) is 14.0. The molecule has 1 aliphatic carbocycles. The van der Waals surface area contributed by atoms with Crippen molar-refractivity contribution in [3.63, 3.8) is 0 Å².